The lowest BCUT2D eigenvalue weighted by Crippen LogP contribution is -2.46. The lowest BCUT2D eigenvalue weighted by molar-refractivity contribution is -0.383. The molecular formula is C22H24N6O3. The van der Waals surface area contributed by atoms with Crippen molar-refractivity contribution in [1.82, 2.24) is 14.9 Å². The van der Waals surface area contributed by atoms with Crippen molar-refractivity contribution in [2.45, 2.75) is 6.54 Å². The van der Waals surface area contributed by atoms with Gasteiger partial charge in [-0.15, -0.1) is 0 Å². The molecule has 0 bridgehead atoms. The van der Waals surface area contributed by atoms with E-state index in [0.717, 1.165) is 19.6 Å². The highest BCUT2D eigenvalue weighted by Crippen LogP contribution is 2.34. The summed E-state index contributed by atoms with van der Waals surface area (Å²) < 4.78 is 5.15. The molecule has 0 saturated carbocycles. The van der Waals surface area contributed by atoms with E-state index < -0.39 is 4.92 Å². The Hall–Kier alpha value is -3.72. The van der Waals surface area contributed by atoms with Crippen LogP contribution in [0.4, 0.5) is 23.0 Å². The summed E-state index contributed by atoms with van der Waals surface area (Å²) in [4.78, 5) is 24.2. The van der Waals surface area contributed by atoms with E-state index >= 15 is 0 Å². The summed E-state index contributed by atoms with van der Waals surface area (Å²) in [6, 6.07) is 17.4. The number of aromatic nitrogens is 2. The fourth-order valence-electron chi connectivity index (χ4n) is 3.63. The Morgan fingerprint density at radius 2 is 1.74 bits per heavy atom. The third kappa shape index (κ3) is 4.89. The largest absolute Gasteiger partial charge is 0.497 e. The highest BCUT2D eigenvalue weighted by molar-refractivity contribution is 5.74. The number of benzene rings is 2. The van der Waals surface area contributed by atoms with Gasteiger partial charge in [-0.25, -0.2) is 9.97 Å². The van der Waals surface area contributed by atoms with E-state index in [-0.39, 0.29) is 11.5 Å². The fourth-order valence-corrected chi connectivity index (χ4v) is 3.63. The number of methoxy groups -OCH3 is 1. The summed E-state index contributed by atoms with van der Waals surface area (Å²) in [6.45, 7) is 3.79. The third-order valence-electron chi connectivity index (χ3n) is 5.26. The molecular weight excluding hydrogens is 396 g/mol. The van der Waals surface area contributed by atoms with Crippen molar-refractivity contribution in [2.24, 2.45) is 0 Å². The SMILES string of the molecule is COc1ccc(Nc2ncnc(N3CCN(Cc4ccccc4)CC3)c2[N+](=O)[O-])cc1. The van der Waals surface area contributed by atoms with Crippen molar-refractivity contribution in [3.05, 3.63) is 76.6 Å². The van der Waals surface area contributed by atoms with Crippen LogP contribution in [0, 0.1) is 10.1 Å². The molecule has 1 saturated heterocycles. The van der Waals surface area contributed by atoms with Crippen LogP contribution in [0.15, 0.2) is 60.9 Å². The summed E-state index contributed by atoms with van der Waals surface area (Å²) in [6.07, 6.45) is 1.37. The van der Waals surface area contributed by atoms with Gasteiger partial charge in [0.1, 0.15) is 12.1 Å². The Labute approximate surface area is 180 Å². The maximum absolute atomic E-state index is 11.9. The van der Waals surface area contributed by atoms with Gasteiger partial charge in [0.2, 0.25) is 11.6 Å². The van der Waals surface area contributed by atoms with Crippen LogP contribution >= 0.6 is 0 Å². The van der Waals surface area contributed by atoms with Crippen molar-refractivity contribution in [1.29, 1.82) is 0 Å². The average molecular weight is 420 g/mol. The molecule has 3 aromatic rings. The van der Waals surface area contributed by atoms with E-state index in [4.69, 9.17) is 4.74 Å². The molecule has 0 unspecified atom stereocenters. The Morgan fingerprint density at radius 1 is 1.03 bits per heavy atom. The second-order valence-electron chi connectivity index (χ2n) is 7.25. The summed E-state index contributed by atoms with van der Waals surface area (Å²) in [5, 5.41) is 15.0. The highest BCUT2D eigenvalue weighted by atomic mass is 16.6. The average Bonchev–Trinajstić information content (AvgIpc) is 2.80. The molecule has 9 heteroatoms. The minimum absolute atomic E-state index is 0.116. The van der Waals surface area contributed by atoms with E-state index in [0.29, 0.717) is 30.3 Å². The number of anilines is 3. The zero-order chi connectivity index (χ0) is 21.6. The Morgan fingerprint density at radius 3 is 2.39 bits per heavy atom. The van der Waals surface area contributed by atoms with Crippen LogP contribution in [0.3, 0.4) is 0 Å². The van der Waals surface area contributed by atoms with Crippen molar-refractivity contribution in [3.8, 4) is 5.75 Å². The molecule has 9 nitrogen and oxygen atoms in total. The van der Waals surface area contributed by atoms with Gasteiger partial charge in [-0.1, -0.05) is 30.3 Å². The quantitative estimate of drug-likeness (QED) is 0.459. The maximum Gasteiger partial charge on any atom is 0.353 e. The number of ether oxygens (including phenoxy) is 1. The first-order valence-electron chi connectivity index (χ1n) is 10.1. The van der Waals surface area contributed by atoms with E-state index in [9.17, 15) is 10.1 Å². The first kappa shape index (κ1) is 20.5. The number of nitro groups is 1. The molecule has 4 rings (SSSR count). The molecule has 0 atom stereocenters. The smallest absolute Gasteiger partial charge is 0.353 e. The van der Waals surface area contributed by atoms with Gasteiger partial charge in [-0.05, 0) is 29.8 Å². The molecule has 0 aliphatic carbocycles. The number of hydrogen-bond donors (Lipinski definition) is 1. The van der Waals surface area contributed by atoms with E-state index in [1.165, 1.54) is 11.9 Å². The van der Waals surface area contributed by atoms with Crippen LogP contribution < -0.4 is 15.0 Å². The van der Waals surface area contributed by atoms with Crippen LogP contribution in [0.1, 0.15) is 5.56 Å². The van der Waals surface area contributed by atoms with Crippen LogP contribution in [0.5, 0.6) is 5.75 Å². The first-order valence-corrected chi connectivity index (χ1v) is 10.1. The second kappa shape index (κ2) is 9.40. The standard InChI is InChI=1S/C22H24N6O3/c1-31-19-9-7-18(8-10-19)25-21-20(28(29)30)22(24-16-23-21)27-13-11-26(12-14-27)15-17-5-3-2-4-6-17/h2-10,16H,11-15H2,1H3,(H,23,24,25). The van der Waals surface area contributed by atoms with Crippen molar-refractivity contribution in [3.63, 3.8) is 0 Å². The molecule has 2 aromatic carbocycles. The number of piperazine rings is 1. The highest BCUT2D eigenvalue weighted by Gasteiger charge is 2.29. The minimum Gasteiger partial charge on any atom is -0.497 e. The van der Waals surface area contributed by atoms with Crippen LogP contribution in [0.2, 0.25) is 0 Å². The summed E-state index contributed by atoms with van der Waals surface area (Å²) in [7, 11) is 1.59. The van der Waals surface area contributed by atoms with Gasteiger partial charge in [0, 0.05) is 38.4 Å². The Kier molecular flexibility index (Phi) is 6.23. The predicted octanol–water partition coefficient (Wildman–Crippen LogP) is 3.46. The fraction of sp³-hybridized carbons (Fsp3) is 0.273. The van der Waals surface area contributed by atoms with Crippen LogP contribution in [-0.4, -0.2) is 53.1 Å². The van der Waals surface area contributed by atoms with Gasteiger partial charge >= 0.3 is 5.69 Å². The normalized spacial score (nSPS) is 14.3. The van der Waals surface area contributed by atoms with Gasteiger partial charge in [0.15, 0.2) is 0 Å². The molecule has 1 aliphatic rings. The molecule has 0 radical (unpaired) electrons. The number of nitrogens with one attached hydrogen (secondary N) is 1. The molecule has 160 valence electrons. The van der Waals surface area contributed by atoms with Gasteiger partial charge in [-0.3, -0.25) is 15.0 Å². The molecule has 1 aliphatic heterocycles. The second-order valence-corrected chi connectivity index (χ2v) is 7.25. The molecule has 1 fully saturated rings. The summed E-state index contributed by atoms with van der Waals surface area (Å²) in [5.41, 5.74) is 1.83. The Balaban J connectivity index is 1.49. The molecule has 0 amide bonds. The van der Waals surface area contributed by atoms with Gasteiger partial charge < -0.3 is 15.0 Å². The van der Waals surface area contributed by atoms with Gasteiger partial charge in [0.05, 0.1) is 12.0 Å². The van der Waals surface area contributed by atoms with Gasteiger partial charge in [-0.2, -0.15) is 0 Å². The Bertz CT molecular complexity index is 1020. The van der Waals surface area contributed by atoms with Crippen molar-refractivity contribution in [2.75, 3.05) is 43.5 Å². The summed E-state index contributed by atoms with van der Waals surface area (Å²) >= 11 is 0. The van der Waals surface area contributed by atoms with E-state index in [1.807, 2.05) is 23.1 Å². The maximum atomic E-state index is 11.9. The van der Waals surface area contributed by atoms with E-state index in [1.54, 1.807) is 31.4 Å². The van der Waals surface area contributed by atoms with Crippen LogP contribution in [-0.2, 0) is 6.54 Å². The number of hydrogen-bond acceptors (Lipinski definition) is 8. The zero-order valence-corrected chi connectivity index (χ0v) is 17.3. The minimum atomic E-state index is -0.419. The summed E-state index contributed by atoms with van der Waals surface area (Å²) in [5.74, 6) is 1.22. The molecule has 0 spiro atoms. The molecule has 2 heterocycles. The monoisotopic (exact) mass is 420 g/mol. The predicted molar refractivity (Wildman–Crippen MR) is 119 cm³/mol. The molecule has 31 heavy (non-hydrogen) atoms. The molecule has 1 aromatic heterocycles. The molecule has 1 N–H and O–H groups in total. The van der Waals surface area contributed by atoms with Crippen molar-refractivity contribution < 1.29 is 9.66 Å². The van der Waals surface area contributed by atoms with Crippen molar-refractivity contribution >= 4 is 23.0 Å². The lowest BCUT2D eigenvalue weighted by Gasteiger charge is -2.35. The number of nitrogens with zero attached hydrogens (tertiary/aromatic N) is 5. The lowest BCUT2D eigenvalue weighted by atomic mass is 10.2. The zero-order valence-electron chi connectivity index (χ0n) is 17.3. The number of rotatable bonds is 7. The van der Waals surface area contributed by atoms with Gasteiger partial charge in [0.25, 0.3) is 0 Å². The van der Waals surface area contributed by atoms with E-state index in [2.05, 4.69) is 32.3 Å². The third-order valence-corrected chi connectivity index (χ3v) is 5.26. The first-order chi connectivity index (χ1) is 15.1. The topological polar surface area (TPSA) is 96.7 Å². The van der Waals surface area contributed by atoms with Crippen LogP contribution in [0.25, 0.3) is 0 Å².